The van der Waals surface area contributed by atoms with Crippen molar-refractivity contribution in [2.75, 3.05) is 44.2 Å². The number of fused-ring (bicyclic) bond motifs is 1. The van der Waals surface area contributed by atoms with Crippen molar-refractivity contribution in [2.45, 2.75) is 52.1 Å². The third-order valence-electron chi connectivity index (χ3n) is 5.48. The van der Waals surface area contributed by atoms with Crippen LogP contribution in [-0.2, 0) is 16.0 Å². The van der Waals surface area contributed by atoms with E-state index in [4.69, 9.17) is 9.73 Å². The normalized spacial score (nSPS) is 17.7. The minimum atomic E-state index is 0.211. The Morgan fingerprint density at radius 3 is 2.75 bits per heavy atom. The second-order valence-corrected chi connectivity index (χ2v) is 7.41. The van der Waals surface area contributed by atoms with Crippen LogP contribution >= 0.6 is 0 Å². The summed E-state index contributed by atoms with van der Waals surface area (Å²) in [5.74, 6) is 1.18. The molecule has 3 rings (SSSR count). The van der Waals surface area contributed by atoms with Gasteiger partial charge in [-0.3, -0.25) is 9.79 Å². The van der Waals surface area contributed by atoms with Gasteiger partial charge in [0.25, 0.3) is 0 Å². The summed E-state index contributed by atoms with van der Waals surface area (Å²) in [6.45, 7) is 9.21. The molecule has 0 aromatic heterocycles. The van der Waals surface area contributed by atoms with Crippen molar-refractivity contribution in [1.29, 1.82) is 0 Å². The van der Waals surface area contributed by atoms with Crippen LogP contribution in [0.2, 0.25) is 0 Å². The van der Waals surface area contributed by atoms with Crippen molar-refractivity contribution >= 4 is 17.6 Å². The summed E-state index contributed by atoms with van der Waals surface area (Å²) in [5.41, 5.74) is 2.36. The van der Waals surface area contributed by atoms with Crippen molar-refractivity contribution in [3.8, 4) is 0 Å². The fourth-order valence-corrected chi connectivity index (χ4v) is 4.04. The lowest BCUT2D eigenvalue weighted by Crippen LogP contribution is -2.47. The Bertz CT molecular complexity index is 668. The maximum absolute atomic E-state index is 12.6. The van der Waals surface area contributed by atoms with Gasteiger partial charge >= 0.3 is 0 Å². The number of benzene rings is 1. The molecule has 1 aromatic carbocycles. The molecule has 0 aliphatic carbocycles. The van der Waals surface area contributed by atoms with E-state index in [9.17, 15) is 4.79 Å². The quantitative estimate of drug-likeness (QED) is 0.445. The van der Waals surface area contributed by atoms with Crippen LogP contribution in [0.5, 0.6) is 0 Å². The molecule has 154 valence electrons. The molecule has 0 bridgehead atoms. The van der Waals surface area contributed by atoms with E-state index >= 15 is 0 Å². The zero-order valence-corrected chi connectivity index (χ0v) is 17.3. The Morgan fingerprint density at radius 1 is 1.21 bits per heavy atom. The van der Waals surface area contributed by atoms with Crippen LogP contribution in [0.15, 0.2) is 29.3 Å². The number of para-hydroxylation sites is 1. The molecule has 1 fully saturated rings. The Hall–Kier alpha value is -2.08. The van der Waals surface area contributed by atoms with Crippen LogP contribution in [0.1, 0.15) is 45.1 Å². The number of carbonyl (C=O) groups excluding carboxylic acids is 1. The Kier molecular flexibility index (Phi) is 7.71. The molecular weight excluding hydrogens is 352 g/mol. The average Bonchev–Trinajstić information content (AvgIpc) is 3.15. The molecule has 0 saturated carbocycles. The van der Waals surface area contributed by atoms with Gasteiger partial charge in [-0.1, -0.05) is 18.2 Å². The van der Waals surface area contributed by atoms with Gasteiger partial charge in [-0.15, -0.1) is 0 Å². The standard InChI is InChI=1S/C22H34N4O2/c1-3-23-22(25-15-12-19(13-16-25)28-4-2)24-14-7-10-21(27)26-17-11-18-8-5-6-9-20(18)26/h5-6,8-9,19H,3-4,7,10-17H2,1-2H3,(H,23,24). The van der Waals surface area contributed by atoms with E-state index in [-0.39, 0.29) is 5.91 Å². The number of nitrogens with one attached hydrogen (secondary N) is 1. The van der Waals surface area contributed by atoms with Crippen molar-refractivity contribution < 1.29 is 9.53 Å². The number of aliphatic imine (C=N–C) groups is 1. The van der Waals surface area contributed by atoms with Crippen molar-refractivity contribution in [3.63, 3.8) is 0 Å². The topological polar surface area (TPSA) is 57.2 Å². The van der Waals surface area contributed by atoms with Gasteiger partial charge in [0.1, 0.15) is 0 Å². The first-order valence-corrected chi connectivity index (χ1v) is 10.8. The lowest BCUT2D eigenvalue weighted by Gasteiger charge is -2.34. The van der Waals surface area contributed by atoms with Gasteiger partial charge < -0.3 is 19.9 Å². The van der Waals surface area contributed by atoms with E-state index in [2.05, 4.69) is 30.1 Å². The minimum Gasteiger partial charge on any atom is -0.378 e. The third-order valence-corrected chi connectivity index (χ3v) is 5.48. The highest BCUT2D eigenvalue weighted by Gasteiger charge is 2.24. The first-order chi connectivity index (χ1) is 13.7. The van der Waals surface area contributed by atoms with E-state index in [0.29, 0.717) is 19.1 Å². The second kappa shape index (κ2) is 10.5. The summed E-state index contributed by atoms with van der Waals surface area (Å²) in [6.07, 6.45) is 4.76. The number of guanidine groups is 1. The molecular formula is C22H34N4O2. The second-order valence-electron chi connectivity index (χ2n) is 7.41. The van der Waals surface area contributed by atoms with Gasteiger partial charge in [0.2, 0.25) is 5.91 Å². The summed E-state index contributed by atoms with van der Waals surface area (Å²) in [5, 5.41) is 3.40. The van der Waals surface area contributed by atoms with Crippen LogP contribution in [0.4, 0.5) is 5.69 Å². The van der Waals surface area contributed by atoms with E-state index in [1.165, 1.54) is 5.56 Å². The van der Waals surface area contributed by atoms with Crippen molar-refractivity contribution in [2.24, 2.45) is 4.99 Å². The molecule has 28 heavy (non-hydrogen) atoms. The fourth-order valence-electron chi connectivity index (χ4n) is 4.04. The maximum atomic E-state index is 12.6. The highest BCUT2D eigenvalue weighted by atomic mass is 16.5. The van der Waals surface area contributed by atoms with E-state index < -0.39 is 0 Å². The summed E-state index contributed by atoms with van der Waals surface area (Å²) < 4.78 is 5.74. The zero-order chi connectivity index (χ0) is 19.8. The number of anilines is 1. The molecule has 1 amide bonds. The van der Waals surface area contributed by atoms with Crippen LogP contribution in [-0.4, -0.2) is 62.2 Å². The Labute approximate surface area is 168 Å². The first-order valence-electron chi connectivity index (χ1n) is 10.8. The van der Waals surface area contributed by atoms with Gasteiger partial charge in [0, 0.05) is 51.4 Å². The monoisotopic (exact) mass is 386 g/mol. The Morgan fingerprint density at radius 2 is 2.00 bits per heavy atom. The maximum Gasteiger partial charge on any atom is 0.227 e. The number of hydrogen-bond donors (Lipinski definition) is 1. The van der Waals surface area contributed by atoms with Crippen LogP contribution in [0, 0.1) is 0 Å². The molecule has 1 saturated heterocycles. The number of piperidine rings is 1. The van der Waals surface area contributed by atoms with Gasteiger partial charge in [-0.05, 0) is 51.2 Å². The molecule has 6 heteroatoms. The molecule has 0 radical (unpaired) electrons. The van der Waals surface area contributed by atoms with E-state index in [1.54, 1.807) is 0 Å². The SMILES string of the molecule is CCNC(=NCCCC(=O)N1CCc2ccccc21)N1CCC(OCC)CC1. The molecule has 0 unspecified atom stereocenters. The number of amides is 1. The van der Waals surface area contributed by atoms with Crippen molar-refractivity contribution in [1.82, 2.24) is 10.2 Å². The van der Waals surface area contributed by atoms with E-state index in [0.717, 1.165) is 70.1 Å². The van der Waals surface area contributed by atoms with Crippen LogP contribution < -0.4 is 10.2 Å². The predicted octanol–water partition coefficient (Wildman–Crippen LogP) is 2.82. The van der Waals surface area contributed by atoms with Crippen molar-refractivity contribution in [3.05, 3.63) is 29.8 Å². The number of carbonyl (C=O) groups is 1. The number of nitrogens with zero attached hydrogens (tertiary/aromatic N) is 3. The molecule has 1 aromatic rings. The molecule has 0 atom stereocenters. The summed E-state index contributed by atoms with van der Waals surface area (Å²) >= 11 is 0. The molecule has 2 aliphatic rings. The van der Waals surface area contributed by atoms with E-state index in [1.807, 2.05) is 23.1 Å². The van der Waals surface area contributed by atoms with Crippen LogP contribution in [0.25, 0.3) is 0 Å². The van der Waals surface area contributed by atoms with Gasteiger partial charge in [-0.2, -0.15) is 0 Å². The fraction of sp³-hybridized carbons (Fsp3) is 0.636. The number of ether oxygens (including phenoxy) is 1. The highest BCUT2D eigenvalue weighted by Crippen LogP contribution is 2.28. The predicted molar refractivity (Wildman–Crippen MR) is 114 cm³/mol. The van der Waals surface area contributed by atoms with Crippen LogP contribution in [0.3, 0.4) is 0 Å². The molecule has 2 aliphatic heterocycles. The smallest absolute Gasteiger partial charge is 0.227 e. The van der Waals surface area contributed by atoms with Gasteiger partial charge in [0.15, 0.2) is 5.96 Å². The molecule has 2 heterocycles. The summed E-state index contributed by atoms with van der Waals surface area (Å²) in [4.78, 5) is 21.6. The average molecular weight is 387 g/mol. The van der Waals surface area contributed by atoms with Gasteiger partial charge in [0.05, 0.1) is 6.10 Å². The molecule has 1 N–H and O–H groups in total. The molecule has 6 nitrogen and oxygen atoms in total. The molecule has 0 spiro atoms. The summed E-state index contributed by atoms with van der Waals surface area (Å²) in [6, 6.07) is 8.21. The highest BCUT2D eigenvalue weighted by molar-refractivity contribution is 5.95. The van der Waals surface area contributed by atoms with Gasteiger partial charge in [-0.25, -0.2) is 0 Å². The third kappa shape index (κ3) is 5.25. The lowest BCUT2D eigenvalue weighted by atomic mass is 10.1. The largest absolute Gasteiger partial charge is 0.378 e. The summed E-state index contributed by atoms with van der Waals surface area (Å²) in [7, 11) is 0. The number of likely N-dealkylation sites (tertiary alicyclic amines) is 1. The number of rotatable bonds is 7. The lowest BCUT2D eigenvalue weighted by molar-refractivity contribution is -0.118. The zero-order valence-electron chi connectivity index (χ0n) is 17.3. The minimum absolute atomic E-state index is 0.211. The Balaban J connectivity index is 1.46. The number of hydrogen-bond acceptors (Lipinski definition) is 3. The first kappa shape index (κ1) is 20.6.